The molecule has 0 aliphatic rings. The third-order valence-corrected chi connectivity index (χ3v) is 6.71. The SMILES string of the molecule is O=C(NCCn1c(-c2sccc2Cl)c(I)c2nc[nH]c(=O)c21)c1ccc(F)cc1. The van der Waals surface area contributed by atoms with Crippen molar-refractivity contribution in [1.82, 2.24) is 19.9 Å². The number of nitrogens with zero attached hydrogens (tertiary/aromatic N) is 2. The Labute approximate surface area is 186 Å². The molecule has 3 heterocycles. The Hall–Kier alpha value is -2.24. The summed E-state index contributed by atoms with van der Waals surface area (Å²) in [6.07, 6.45) is 1.37. The number of hydrogen-bond acceptors (Lipinski definition) is 4. The van der Waals surface area contributed by atoms with Crippen LogP contribution in [0.5, 0.6) is 0 Å². The zero-order valence-corrected chi connectivity index (χ0v) is 18.4. The summed E-state index contributed by atoms with van der Waals surface area (Å²) in [7, 11) is 0. The molecule has 3 aromatic heterocycles. The maximum absolute atomic E-state index is 13.0. The molecule has 0 spiro atoms. The van der Waals surface area contributed by atoms with Crippen LogP contribution < -0.4 is 10.9 Å². The normalized spacial score (nSPS) is 11.1. The molecule has 0 fully saturated rings. The number of nitrogens with one attached hydrogen (secondary N) is 2. The van der Waals surface area contributed by atoms with E-state index in [1.165, 1.54) is 41.9 Å². The highest BCUT2D eigenvalue weighted by Crippen LogP contribution is 2.39. The largest absolute Gasteiger partial charge is 0.350 e. The van der Waals surface area contributed by atoms with Gasteiger partial charge in [0.05, 0.1) is 25.5 Å². The molecule has 1 aromatic carbocycles. The summed E-state index contributed by atoms with van der Waals surface area (Å²) in [5, 5.41) is 5.27. The minimum Gasteiger partial charge on any atom is -0.350 e. The Morgan fingerprint density at radius 1 is 1.31 bits per heavy atom. The number of aromatic nitrogens is 3. The molecule has 0 atom stereocenters. The molecule has 0 saturated carbocycles. The highest BCUT2D eigenvalue weighted by Gasteiger charge is 2.22. The van der Waals surface area contributed by atoms with Crippen molar-refractivity contribution < 1.29 is 9.18 Å². The van der Waals surface area contributed by atoms with Gasteiger partial charge in [-0.15, -0.1) is 11.3 Å². The number of rotatable bonds is 5. The van der Waals surface area contributed by atoms with Gasteiger partial charge in [-0.25, -0.2) is 9.37 Å². The summed E-state index contributed by atoms with van der Waals surface area (Å²) >= 11 is 9.98. The quantitative estimate of drug-likeness (QED) is 0.370. The summed E-state index contributed by atoms with van der Waals surface area (Å²) in [4.78, 5) is 32.6. The van der Waals surface area contributed by atoms with Crippen molar-refractivity contribution in [3.05, 3.63) is 72.4 Å². The van der Waals surface area contributed by atoms with Crippen molar-refractivity contribution in [2.75, 3.05) is 6.54 Å². The third kappa shape index (κ3) is 3.81. The van der Waals surface area contributed by atoms with E-state index >= 15 is 0 Å². The Morgan fingerprint density at radius 2 is 2.07 bits per heavy atom. The Morgan fingerprint density at radius 3 is 2.76 bits per heavy atom. The number of carbonyl (C=O) groups is 1. The predicted molar refractivity (Wildman–Crippen MR) is 120 cm³/mol. The summed E-state index contributed by atoms with van der Waals surface area (Å²) < 4.78 is 15.7. The van der Waals surface area contributed by atoms with E-state index < -0.39 is 5.82 Å². The van der Waals surface area contributed by atoms with Crippen LogP contribution in [0.2, 0.25) is 5.02 Å². The van der Waals surface area contributed by atoms with Crippen molar-refractivity contribution in [2.45, 2.75) is 6.54 Å². The summed E-state index contributed by atoms with van der Waals surface area (Å²) in [5.74, 6) is -0.724. The fourth-order valence-corrected chi connectivity index (χ4v) is 5.38. The molecule has 148 valence electrons. The van der Waals surface area contributed by atoms with Gasteiger partial charge in [-0.3, -0.25) is 9.59 Å². The highest BCUT2D eigenvalue weighted by atomic mass is 127. The van der Waals surface area contributed by atoms with Crippen LogP contribution in [0.15, 0.2) is 46.8 Å². The maximum atomic E-state index is 13.0. The van der Waals surface area contributed by atoms with Crippen molar-refractivity contribution in [1.29, 1.82) is 0 Å². The lowest BCUT2D eigenvalue weighted by molar-refractivity contribution is 0.0952. The first-order valence-corrected chi connectivity index (χ1v) is 10.8. The molecular formula is C19H13ClFIN4O2S. The number of halogens is 3. The number of fused-ring (bicyclic) bond motifs is 1. The summed E-state index contributed by atoms with van der Waals surface area (Å²) in [5.41, 5.74) is 1.89. The number of amides is 1. The average Bonchev–Trinajstić information content (AvgIpc) is 3.24. The second kappa shape index (κ2) is 8.25. The van der Waals surface area contributed by atoms with Gasteiger partial charge in [0.25, 0.3) is 11.5 Å². The van der Waals surface area contributed by atoms with Gasteiger partial charge in [-0.2, -0.15) is 0 Å². The van der Waals surface area contributed by atoms with Gasteiger partial charge in [0.2, 0.25) is 0 Å². The number of H-pyrrole nitrogens is 1. The van der Waals surface area contributed by atoms with E-state index in [0.29, 0.717) is 28.2 Å². The fourth-order valence-electron chi connectivity index (χ4n) is 3.04. The van der Waals surface area contributed by atoms with E-state index in [2.05, 4.69) is 37.9 Å². The summed E-state index contributed by atoms with van der Waals surface area (Å²) in [6.45, 7) is 0.602. The fraction of sp³-hybridized carbons (Fsp3) is 0.105. The van der Waals surface area contributed by atoms with Crippen LogP contribution in [-0.2, 0) is 6.54 Å². The standard InChI is InChI=1S/C19H13ClFIN4O2S/c20-12-5-8-29-17(12)15-13(22)14-16(19(28)25-9-24-14)26(15)7-6-23-18(27)10-1-3-11(21)4-2-10/h1-5,8-9H,6-7H2,(H,23,27)(H,24,25,28). The molecule has 0 saturated heterocycles. The molecule has 2 N–H and O–H groups in total. The lowest BCUT2D eigenvalue weighted by atomic mass is 10.2. The van der Waals surface area contributed by atoms with E-state index in [-0.39, 0.29) is 18.0 Å². The van der Waals surface area contributed by atoms with Crippen LogP contribution in [0, 0.1) is 9.39 Å². The van der Waals surface area contributed by atoms with Crippen LogP contribution in [-0.4, -0.2) is 27.0 Å². The highest BCUT2D eigenvalue weighted by molar-refractivity contribution is 14.1. The number of aromatic amines is 1. The number of thiophene rings is 1. The van der Waals surface area contributed by atoms with E-state index in [1.54, 1.807) is 6.07 Å². The Bertz CT molecular complexity index is 1270. The zero-order valence-electron chi connectivity index (χ0n) is 14.7. The van der Waals surface area contributed by atoms with Crippen LogP contribution in [0.25, 0.3) is 21.6 Å². The van der Waals surface area contributed by atoms with E-state index in [0.717, 1.165) is 14.1 Å². The smallest absolute Gasteiger partial charge is 0.275 e. The average molecular weight is 543 g/mol. The van der Waals surface area contributed by atoms with Crippen LogP contribution >= 0.6 is 45.5 Å². The van der Waals surface area contributed by atoms with Gasteiger partial charge in [-0.05, 0) is 58.3 Å². The molecule has 0 aliphatic heterocycles. The number of benzene rings is 1. The third-order valence-electron chi connectivity index (χ3n) is 4.34. The minimum atomic E-state index is -0.404. The van der Waals surface area contributed by atoms with Gasteiger partial charge < -0.3 is 14.9 Å². The van der Waals surface area contributed by atoms with Gasteiger partial charge in [0.1, 0.15) is 16.9 Å². The topological polar surface area (TPSA) is 79.8 Å². The van der Waals surface area contributed by atoms with Crippen LogP contribution in [0.4, 0.5) is 4.39 Å². The minimum absolute atomic E-state index is 0.264. The van der Waals surface area contributed by atoms with Gasteiger partial charge >= 0.3 is 0 Å². The van der Waals surface area contributed by atoms with E-state index in [1.807, 2.05) is 9.95 Å². The predicted octanol–water partition coefficient (Wildman–Crippen LogP) is 4.28. The zero-order chi connectivity index (χ0) is 20.5. The summed E-state index contributed by atoms with van der Waals surface area (Å²) in [6, 6.07) is 7.11. The first-order valence-electron chi connectivity index (χ1n) is 8.50. The van der Waals surface area contributed by atoms with Crippen molar-refractivity contribution in [3.63, 3.8) is 0 Å². The molecular weight excluding hydrogens is 530 g/mol. The lowest BCUT2D eigenvalue weighted by Crippen LogP contribution is -2.28. The molecule has 1 amide bonds. The molecule has 0 aliphatic carbocycles. The molecule has 0 radical (unpaired) electrons. The molecule has 6 nitrogen and oxygen atoms in total. The van der Waals surface area contributed by atoms with Crippen molar-refractivity contribution >= 4 is 62.5 Å². The van der Waals surface area contributed by atoms with Crippen LogP contribution in [0.3, 0.4) is 0 Å². The molecule has 0 unspecified atom stereocenters. The van der Waals surface area contributed by atoms with Crippen molar-refractivity contribution in [3.8, 4) is 10.6 Å². The first kappa shape index (κ1) is 20.0. The Kier molecular flexibility index (Phi) is 5.70. The van der Waals surface area contributed by atoms with Crippen molar-refractivity contribution in [2.24, 2.45) is 0 Å². The van der Waals surface area contributed by atoms with Crippen LogP contribution in [0.1, 0.15) is 10.4 Å². The molecule has 4 aromatic rings. The second-order valence-corrected chi connectivity index (χ2v) is 8.51. The first-order chi connectivity index (χ1) is 14.0. The van der Waals surface area contributed by atoms with Gasteiger partial charge in [-0.1, -0.05) is 11.6 Å². The lowest BCUT2D eigenvalue weighted by Gasteiger charge is -2.11. The van der Waals surface area contributed by atoms with E-state index in [4.69, 9.17) is 11.6 Å². The molecule has 29 heavy (non-hydrogen) atoms. The molecule has 4 rings (SSSR count). The second-order valence-electron chi connectivity index (χ2n) is 6.10. The maximum Gasteiger partial charge on any atom is 0.275 e. The molecule has 10 heteroatoms. The Balaban J connectivity index is 1.68. The number of hydrogen-bond donors (Lipinski definition) is 2. The van der Waals surface area contributed by atoms with Gasteiger partial charge in [0.15, 0.2) is 0 Å². The molecule has 0 bridgehead atoms. The number of carbonyl (C=O) groups excluding carboxylic acids is 1. The monoisotopic (exact) mass is 542 g/mol. The van der Waals surface area contributed by atoms with E-state index in [9.17, 15) is 14.0 Å². The van der Waals surface area contributed by atoms with Gasteiger partial charge in [0, 0.05) is 18.7 Å².